The smallest absolute Gasteiger partial charge is 0.310 e. The first-order valence-corrected chi connectivity index (χ1v) is 5.07. The minimum atomic E-state index is -0.603. The molecular formula is C10H16O3. The van der Waals surface area contributed by atoms with Crippen molar-refractivity contribution in [1.29, 1.82) is 0 Å². The molecule has 0 radical (unpaired) electrons. The zero-order valence-electron chi connectivity index (χ0n) is 7.79. The van der Waals surface area contributed by atoms with Gasteiger partial charge in [-0.3, -0.25) is 4.79 Å². The summed E-state index contributed by atoms with van der Waals surface area (Å²) in [6, 6.07) is 0. The van der Waals surface area contributed by atoms with Crippen molar-refractivity contribution in [3.05, 3.63) is 0 Å². The van der Waals surface area contributed by atoms with Gasteiger partial charge in [0.2, 0.25) is 0 Å². The third kappa shape index (κ3) is 1.35. The summed E-state index contributed by atoms with van der Waals surface area (Å²) in [5.74, 6) is -0.332. The molecule has 0 amide bonds. The van der Waals surface area contributed by atoms with E-state index in [0.29, 0.717) is 6.61 Å². The fraction of sp³-hybridized carbons (Fsp3) is 0.900. The van der Waals surface area contributed by atoms with E-state index < -0.39 is 11.4 Å². The molecular weight excluding hydrogens is 168 g/mol. The van der Waals surface area contributed by atoms with E-state index >= 15 is 0 Å². The van der Waals surface area contributed by atoms with Crippen molar-refractivity contribution in [1.82, 2.24) is 0 Å². The van der Waals surface area contributed by atoms with E-state index in [2.05, 4.69) is 0 Å². The second-order valence-corrected chi connectivity index (χ2v) is 4.23. The van der Waals surface area contributed by atoms with Gasteiger partial charge in [-0.2, -0.15) is 0 Å². The summed E-state index contributed by atoms with van der Waals surface area (Å²) in [4.78, 5) is 11.1. The fourth-order valence-corrected chi connectivity index (χ4v) is 2.53. The maximum atomic E-state index is 11.1. The number of carbonyl (C=O) groups is 1. The Bertz CT molecular complexity index is 202. The van der Waals surface area contributed by atoms with E-state index in [-0.39, 0.29) is 5.92 Å². The molecule has 0 aromatic rings. The molecule has 1 saturated carbocycles. The molecule has 0 spiro atoms. The van der Waals surface area contributed by atoms with E-state index in [0.717, 1.165) is 38.7 Å². The molecule has 1 saturated heterocycles. The summed E-state index contributed by atoms with van der Waals surface area (Å²) in [7, 11) is 0. The van der Waals surface area contributed by atoms with Gasteiger partial charge in [-0.1, -0.05) is 6.42 Å². The van der Waals surface area contributed by atoms with Gasteiger partial charge in [-0.05, 0) is 31.6 Å². The van der Waals surface area contributed by atoms with Crippen LogP contribution in [0.4, 0.5) is 0 Å². The Labute approximate surface area is 78.1 Å². The van der Waals surface area contributed by atoms with Crippen molar-refractivity contribution in [2.24, 2.45) is 11.3 Å². The van der Waals surface area contributed by atoms with Gasteiger partial charge in [0, 0.05) is 6.61 Å². The van der Waals surface area contributed by atoms with E-state index in [1.165, 1.54) is 0 Å². The number of carboxylic acid groups (broad SMARTS) is 1. The lowest BCUT2D eigenvalue weighted by molar-refractivity contribution is -0.165. The van der Waals surface area contributed by atoms with Gasteiger partial charge in [0.15, 0.2) is 0 Å². The van der Waals surface area contributed by atoms with Crippen molar-refractivity contribution in [3.8, 4) is 0 Å². The number of ether oxygens (including phenoxy) is 1. The van der Waals surface area contributed by atoms with Crippen LogP contribution in [0, 0.1) is 11.3 Å². The lowest BCUT2D eigenvalue weighted by Crippen LogP contribution is -2.47. The minimum Gasteiger partial charge on any atom is -0.481 e. The van der Waals surface area contributed by atoms with E-state index in [9.17, 15) is 9.90 Å². The molecule has 1 aliphatic carbocycles. The van der Waals surface area contributed by atoms with Crippen LogP contribution in [0.5, 0.6) is 0 Å². The van der Waals surface area contributed by atoms with E-state index in [1.54, 1.807) is 0 Å². The molecule has 1 aliphatic heterocycles. The van der Waals surface area contributed by atoms with Crippen molar-refractivity contribution in [2.45, 2.75) is 32.1 Å². The zero-order chi connectivity index (χ0) is 9.31. The molecule has 74 valence electrons. The largest absolute Gasteiger partial charge is 0.481 e. The first-order chi connectivity index (χ1) is 6.26. The number of hydrogen-bond donors (Lipinski definition) is 1. The predicted molar refractivity (Wildman–Crippen MR) is 47.5 cm³/mol. The zero-order valence-corrected chi connectivity index (χ0v) is 7.79. The van der Waals surface area contributed by atoms with Crippen LogP contribution in [0.25, 0.3) is 0 Å². The molecule has 13 heavy (non-hydrogen) atoms. The van der Waals surface area contributed by atoms with Crippen LogP contribution in [0.3, 0.4) is 0 Å². The molecule has 1 N–H and O–H groups in total. The van der Waals surface area contributed by atoms with Crippen LogP contribution in [-0.4, -0.2) is 24.3 Å². The topological polar surface area (TPSA) is 46.5 Å². The van der Waals surface area contributed by atoms with Crippen LogP contribution in [-0.2, 0) is 9.53 Å². The third-order valence-electron chi connectivity index (χ3n) is 3.61. The van der Waals surface area contributed by atoms with Gasteiger partial charge < -0.3 is 9.84 Å². The molecule has 3 heteroatoms. The quantitative estimate of drug-likeness (QED) is 0.710. The monoisotopic (exact) mass is 184 g/mol. The Morgan fingerprint density at radius 3 is 2.54 bits per heavy atom. The van der Waals surface area contributed by atoms with Gasteiger partial charge in [-0.15, -0.1) is 0 Å². The van der Waals surface area contributed by atoms with Gasteiger partial charge >= 0.3 is 5.97 Å². The second-order valence-electron chi connectivity index (χ2n) is 4.23. The van der Waals surface area contributed by atoms with E-state index in [4.69, 9.17) is 4.74 Å². The highest BCUT2D eigenvalue weighted by Crippen LogP contribution is 2.49. The van der Waals surface area contributed by atoms with Crippen LogP contribution in [0.2, 0.25) is 0 Å². The highest BCUT2D eigenvalue weighted by Gasteiger charge is 2.50. The SMILES string of the molecule is O=C(O)C1(C2CCCOC2)CCC1. The predicted octanol–water partition coefficient (Wildman–Crippen LogP) is 1.67. The number of carboxylic acids is 1. The summed E-state index contributed by atoms with van der Waals surface area (Å²) in [5, 5.41) is 9.18. The Balaban J connectivity index is 2.06. The van der Waals surface area contributed by atoms with Crippen molar-refractivity contribution >= 4 is 5.97 Å². The van der Waals surface area contributed by atoms with Crippen LogP contribution < -0.4 is 0 Å². The Morgan fingerprint density at radius 1 is 1.38 bits per heavy atom. The molecule has 2 rings (SSSR count). The number of aliphatic carboxylic acids is 1. The highest BCUT2D eigenvalue weighted by atomic mass is 16.5. The normalized spacial score (nSPS) is 32.2. The van der Waals surface area contributed by atoms with Gasteiger partial charge in [-0.25, -0.2) is 0 Å². The molecule has 1 heterocycles. The summed E-state index contributed by atoms with van der Waals surface area (Å²) in [6.45, 7) is 1.47. The van der Waals surface area contributed by atoms with Crippen LogP contribution >= 0.6 is 0 Å². The summed E-state index contributed by atoms with van der Waals surface area (Å²) < 4.78 is 5.35. The van der Waals surface area contributed by atoms with Gasteiger partial charge in [0.05, 0.1) is 12.0 Å². The van der Waals surface area contributed by atoms with Crippen molar-refractivity contribution < 1.29 is 14.6 Å². The third-order valence-corrected chi connectivity index (χ3v) is 3.61. The second kappa shape index (κ2) is 3.29. The minimum absolute atomic E-state index is 0.271. The maximum Gasteiger partial charge on any atom is 0.310 e. The van der Waals surface area contributed by atoms with Gasteiger partial charge in [0.25, 0.3) is 0 Å². The van der Waals surface area contributed by atoms with Crippen LogP contribution in [0.15, 0.2) is 0 Å². The molecule has 2 aliphatic rings. The Morgan fingerprint density at radius 2 is 2.15 bits per heavy atom. The average Bonchev–Trinajstić information content (AvgIpc) is 2.03. The molecule has 0 aromatic carbocycles. The molecule has 1 atom stereocenters. The van der Waals surface area contributed by atoms with Gasteiger partial charge in [0.1, 0.15) is 0 Å². The lowest BCUT2D eigenvalue weighted by atomic mass is 9.60. The number of hydrogen-bond acceptors (Lipinski definition) is 2. The Hall–Kier alpha value is -0.570. The van der Waals surface area contributed by atoms with Crippen molar-refractivity contribution in [2.75, 3.05) is 13.2 Å². The van der Waals surface area contributed by atoms with E-state index in [1.807, 2.05) is 0 Å². The first kappa shape index (κ1) is 9.00. The standard InChI is InChI=1S/C10H16O3/c11-9(12)10(4-2-5-10)8-3-1-6-13-7-8/h8H,1-7H2,(H,11,12). The molecule has 2 fully saturated rings. The Kier molecular flexibility index (Phi) is 2.28. The fourth-order valence-electron chi connectivity index (χ4n) is 2.53. The maximum absolute atomic E-state index is 11.1. The first-order valence-electron chi connectivity index (χ1n) is 5.07. The molecule has 0 bridgehead atoms. The van der Waals surface area contributed by atoms with Crippen molar-refractivity contribution in [3.63, 3.8) is 0 Å². The summed E-state index contributed by atoms with van der Waals surface area (Å²) in [6.07, 6.45) is 4.85. The highest BCUT2D eigenvalue weighted by molar-refractivity contribution is 5.76. The molecule has 1 unspecified atom stereocenters. The summed E-state index contributed by atoms with van der Waals surface area (Å²) >= 11 is 0. The molecule has 3 nitrogen and oxygen atoms in total. The lowest BCUT2D eigenvalue weighted by Gasteiger charge is -2.45. The average molecular weight is 184 g/mol. The number of rotatable bonds is 2. The molecule has 0 aromatic heterocycles. The summed E-state index contributed by atoms with van der Waals surface area (Å²) in [5.41, 5.74) is -0.416. The van der Waals surface area contributed by atoms with Crippen LogP contribution in [0.1, 0.15) is 32.1 Å².